The summed E-state index contributed by atoms with van der Waals surface area (Å²) >= 11 is 0. The molecule has 2 rings (SSSR count). The molecule has 0 aromatic heterocycles. The number of benzene rings is 2. The topological polar surface area (TPSA) is 54.3 Å². The minimum Gasteiger partial charge on any atom is -0.312 e. The molecule has 2 aromatic carbocycles. The van der Waals surface area contributed by atoms with E-state index in [1.807, 2.05) is 24.3 Å². The number of hydrogen-bond acceptors (Lipinski definition) is 4. The number of anilines is 1. The third-order valence-electron chi connectivity index (χ3n) is 2.33. The van der Waals surface area contributed by atoms with E-state index in [9.17, 15) is 4.79 Å². The standard InChI is InChI=1S/C14H13N3O2/c1-15-16-17(13-10-6-3-7-11-13)19-14(18)12-8-4-2-5-9-12/h2-11H,1H3. The highest BCUT2D eigenvalue weighted by Gasteiger charge is 2.13. The molecule has 0 aliphatic carbocycles. The third-order valence-corrected chi connectivity index (χ3v) is 2.33. The number of para-hydroxylation sites is 1. The molecule has 0 aliphatic rings. The fourth-order valence-electron chi connectivity index (χ4n) is 1.46. The SMILES string of the molecule is CN=NN(OC(=O)c1ccccc1)c1ccccc1. The van der Waals surface area contributed by atoms with Crippen LogP contribution in [0.4, 0.5) is 5.69 Å². The molecule has 0 saturated heterocycles. The molecule has 96 valence electrons. The summed E-state index contributed by atoms with van der Waals surface area (Å²) in [6, 6.07) is 17.8. The van der Waals surface area contributed by atoms with E-state index in [1.165, 1.54) is 7.05 Å². The van der Waals surface area contributed by atoms with Crippen molar-refractivity contribution in [2.45, 2.75) is 0 Å². The van der Waals surface area contributed by atoms with E-state index in [2.05, 4.69) is 10.3 Å². The Morgan fingerprint density at radius 3 is 2.16 bits per heavy atom. The van der Waals surface area contributed by atoms with Crippen molar-refractivity contribution < 1.29 is 9.63 Å². The van der Waals surface area contributed by atoms with Crippen molar-refractivity contribution in [2.75, 3.05) is 12.2 Å². The van der Waals surface area contributed by atoms with Gasteiger partial charge in [-0.2, -0.15) is 5.11 Å². The Bertz CT molecular complexity index is 555. The monoisotopic (exact) mass is 255 g/mol. The summed E-state index contributed by atoms with van der Waals surface area (Å²) in [5, 5.41) is 8.50. The molecule has 0 heterocycles. The summed E-state index contributed by atoms with van der Waals surface area (Å²) in [4.78, 5) is 17.1. The third kappa shape index (κ3) is 3.38. The van der Waals surface area contributed by atoms with Crippen LogP contribution in [-0.2, 0) is 4.84 Å². The van der Waals surface area contributed by atoms with Crippen LogP contribution in [0.2, 0.25) is 0 Å². The Balaban J connectivity index is 2.16. The second-order valence-corrected chi connectivity index (χ2v) is 3.64. The van der Waals surface area contributed by atoms with Crippen LogP contribution in [0.1, 0.15) is 10.4 Å². The highest BCUT2D eigenvalue weighted by molar-refractivity contribution is 5.89. The highest BCUT2D eigenvalue weighted by Crippen LogP contribution is 2.16. The fraction of sp³-hybridized carbons (Fsp3) is 0.0714. The molecule has 0 spiro atoms. The summed E-state index contributed by atoms with van der Waals surface area (Å²) in [6.45, 7) is 0. The van der Waals surface area contributed by atoms with E-state index >= 15 is 0 Å². The molecule has 0 aliphatic heterocycles. The Morgan fingerprint density at radius 1 is 1.00 bits per heavy atom. The van der Waals surface area contributed by atoms with Gasteiger partial charge in [0.05, 0.1) is 12.6 Å². The lowest BCUT2D eigenvalue weighted by Crippen LogP contribution is -2.21. The first-order valence-corrected chi connectivity index (χ1v) is 5.73. The highest BCUT2D eigenvalue weighted by atomic mass is 16.7. The first-order chi connectivity index (χ1) is 9.31. The van der Waals surface area contributed by atoms with Gasteiger partial charge in [-0.15, -0.1) is 0 Å². The first-order valence-electron chi connectivity index (χ1n) is 5.73. The summed E-state index contributed by atoms with van der Waals surface area (Å²) < 4.78 is 0. The Labute approximate surface area is 111 Å². The van der Waals surface area contributed by atoms with Crippen LogP contribution in [0.15, 0.2) is 71.0 Å². The summed E-state index contributed by atoms with van der Waals surface area (Å²) in [5.74, 6) is -0.489. The number of rotatable bonds is 4. The van der Waals surface area contributed by atoms with Crippen molar-refractivity contribution in [1.82, 2.24) is 0 Å². The molecule has 0 fully saturated rings. The zero-order valence-electron chi connectivity index (χ0n) is 10.4. The lowest BCUT2D eigenvalue weighted by Gasteiger charge is -2.15. The average Bonchev–Trinajstić information content (AvgIpc) is 2.48. The minimum atomic E-state index is -0.489. The lowest BCUT2D eigenvalue weighted by atomic mass is 10.2. The van der Waals surface area contributed by atoms with Gasteiger partial charge in [0, 0.05) is 0 Å². The van der Waals surface area contributed by atoms with Crippen molar-refractivity contribution in [2.24, 2.45) is 10.3 Å². The molecule has 2 aromatic rings. The van der Waals surface area contributed by atoms with Gasteiger partial charge in [0.25, 0.3) is 0 Å². The molecule has 0 bridgehead atoms. The second kappa shape index (κ2) is 6.30. The van der Waals surface area contributed by atoms with Crippen molar-refractivity contribution in [3.8, 4) is 0 Å². The fourth-order valence-corrected chi connectivity index (χ4v) is 1.46. The number of hydrogen-bond donors (Lipinski definition) is 0. The van der Waals surface area contributed by atoms with Gasteiger partial charge in [-0.05, 0) is 29.5 Å². The van der Waals surface area contributed by atoms with E-state index in [0.29, 0.717) is 11.3 Å². The van der Waals surface area contributed by atoms with Gasteiger partial charge < -0.3 is 4.84 Å². The van der Waals surface area contributed by atoms with Gasteiger partial charge >= 0.3 is 5.97 Å². The molecule has 19 heavy (non-hydrogen) atoms. The van der Waals surface area contributed by atoms with E-state index in [-0.39, 0.29) is 0 Å². The van der Waals surface area contributed by atoms with Crippen LogP contribution >= 0.6 is 0 Å². The largest absolute Gasteiger partial charge is 0.365 e. The second-order valence-electron chi connectivity index (χ2n) is 3.64. The zero-order valence-corrected chi connectivity index (χ0v) is 10.4. The average molecular weight is 255 g/mol. The molecule has 0 atom stereocenters. The van der Waals surface area contributed by atoms with Crippen LogP contribution in [0.5, 0.6) is 0 Å². The molecule has 5 heteroatoms. The number of carbonyl (C=O) groups is 1. The maximum atomic E-state index is 11.9. The molecule has 0 saturated carbocycles. The molecular weight excluding hydrogens is 242 g/mol. The normalized spacial score (nSPS) is 10.4. The molecule has 0 amide bonds. The van der Waals surface area contributed by atoms with Gasteiger partial charge in [0.2, 0.25) is 0 Å². The van der Waals surface area contributed by atoms with Crippen LogP contribution in [0, 0.1) is 0 Å². The van der Waals surface area contributed by atoms with Gasteiger partial charge in [0.1, 0.15) is 5.69 Å². The van der Waals surface area contributed by atoms with E-state index in [0.717, 1.165) is 5.17 Å². The van der Waals surface area contributed by atoms with E-state index < -0.39 is 5.97 Å². The van der Waals surface area contributed by atoms with Crippen LogP contribution in [0.25, 0.3) is 0 Å². The molecule has 5 nitrogen and oxygen atoms in total. The van der Waals surface area contributed by atoms with E-state index in [4.69, 9.17) is 4.84 Å². The number of nitrogens with zero attached hydrogens (tertiary/aromatic N) is 3. The predicted molar refractivity (Wildman–Crippen MR) is 71.6 cm³/mol. The number of carbonyl (C=O) groups excluding carboxylic acids is 1. The zero-order chi connectivity index (χ0) is 13.5. The minimum absolute atomic E-state index is 0.453. The Morgan fingerprint density at radius 2 is 1.58 bits per heavy atom. The lowest BCUT2D eigenvalue weighted by molar-refractivity contribution is 0.0444. The van der Waals surface area contributed by atoms with Crippen molar-refractivity contribution in [3.63, 3.8) is 0 Å². The summed E-state index contributed by atoms with van der Waals surface area (Å²) in [5.41, 5.74) is 1.08. The Kier molecular flexibility index (Phi) is 4.23. The maximum Gasteiger partial charge on any atom is 0.365 e. The molecule has 0 unspecified atom stereocenters. The van der Waals surface area contributed by atoms with Gasteiger partial charge in [-0.1, -0.05) is 41.6 Å². The van der Waals surface area contributed by atoms with Crippen molar-refractivity contribution in [3.05, 3.63) is 66.2 Å². The van der Waals surface area contributed by atoms with Crippen LogP contribution in [0.3, 0.4) is 0 Å². The van der Waals surface area contributed by atoms with Gasteiger partial charge in [-0.3, -0.25) is 0 Å². The predicted octanol–water partition coefficient (Wildman–Crippen LogP) is 3.26. The van der Waals surface area contributed by atoms with Gasteiger partial charge in [0.15, 0.2) is 0 Å². The van der Waals surface area contributed by atoms with Crippen molar-refractivity contribution in [1.29, 1.82) is 0 Å². The quantitative estimate of drug-likeness (QED) is 0.622. The van der Waals surface area contributed by atoms with Crippen LogP contribution in [-0.4, -0.2) is 13.0 Å². The molecule has 0 N–H and O–H groups in total. The maximum absolute atomic E-state index is 11.9. The van der Waals surface area contributed by atoms with E-state index in [1.54, 1.807) is 36.4 Å². The Hall–Kier alpha value is -2.69. The summed E-state index contributed by atoms with van der Waals surface area (Å²) in [7, 11) is 1.51. The van der Waals surface area contributed by atoms with Crippen molar-refractivity contribution >= 4 is 11.7 Å². The smallest absolute Gasteiger partial charge is 0.312 e. The van der Waals surface area contributed by atoms with Gasteiger partial charge in [-0.25, -0.2) is 4.79 Å². The molecular formula is C14H13N3O2. The molecule has 0 radical (unpaired) electrons. The van der Waals surface area contributed by atoms with Crippen LogP contribution < -0.4 is 5.17 Å². The summed E-state index contributed by atoms with van der Waals surface area (Å²) in [6.07, 6.45) is 0. The first kappa shape index (κ1) is 12.8.